The topological polar surface area (TPSA) is 73.0 Å². The smallest absolute Gasteiger partial charge is 0.327 e. The number of nitrogens with zero attached hydrogens (tertiary/aromatic N) is 3. The molecular formula is C23H31ClN4O3. The number of rotatable bonds is 6. The molecular weight excluding hydrogens is 416 g/mol. The van der Waals surface area contributed by atoms with Crippen molar-refractivity contribution in [1.82, 2.24) is 20.0 Å². The van der Waals surface area contributed by atoms with E-state index in [-0.39, 0.29) is 30.4 Å². The van der Waals surface area contributed by atoms with Crippen LogP contribution in [-0.2, 0) is 9.59 Å². The van der Waals surface area contributed by atoms with E-state index in [1.54, 1.807) is 11.9 Å². The standard InChI is InChI=1S/C23H31ClN4O3/c1-26-22(31)28(21(30)23(26)11-5-2-6-12-23)16-20(29)25-15-19(27-13-7-8-14-27)17-9-3-4-10-18(17)24/h3-4,9-10,19H,2,5-8,11-16H2,1H3,(H,25,29)/t19-/m1/s1. The van der Waals surface area contributed by atoms with E-state index >= 15 is 0 Å². The number of likely N-dealkylation sites (tertiary alicyclic amines) is 1. The fraction of sp³-hybridized carbons (Fsp3) is 0.609. The van der Waals surface area contributed by atoms with Crippen molar-refractivity contribution in [3.63, 3.8) is 0 Å². The first-order valence-corrected chi connectivity index (χ1v) is 11.7. The van der Waals surface area contributed by atoms with Crippen LogP contribution in [0.5, 0.6) is 0 Å². The highest BCUT2D eigenvalue weighted by Gasteiger charge is 2.55. The van der Waals surface area contributed by atoms with Gasteiger partial charge in [-0.2, -0.15) is 0 Å². The monoisotopic (exact) mass is 446 g/mol. The van der Waals surface area contributed by atoms with Crippen LogP contribution in [0, 0.1) is 0 Å². The average Bonchev–Trinajstić information content (AvgIpc) is 3.36. The minimum absolute atomic E-state index is 0.0301. The van der Waals surface area contributed by atoms with Gasteiger partial charge in [-0.25, -0.2) is 4.79 Å². The van der Waals surface area contributed by atoms with Crippen LogP contribution < -0.4 is 5.32 Å². The molecule has 3 fully saturated rings. The zero-order valence-corrected chi connectivity index (χ0v) is 18.9. The molecule has 3 aliphatic rings. The first-order valence-electron chi connectivity index (χ1n) is 11.3. The number of carbonyl (C=O) groups excluding carboxylic acids is 3. The van der Waals surface area contributed by atoms with Crippen molar-refractivity contribution >= 4 is 29.4 Å². The first kappa shape index (κ1) is 22.1. The summed E-state index contributed by atoms with van der Waals surface area (Å²) in [7, 11) is 1.68. The highest BCUT2D eigenvalue weighted by Crippen LogP contribution is 2.39. The Labute approximate surface area is 188 Å². The molecule has 7 nitrogen and oxygen atoms in total. The zero-order valence-electron chi connectivity index (χ0n) is 18.1. The molecule has 1 N–H and O–H groups in total. The van der Waals surface area contributed by atoms with Crippen LogP contribution >= 0.6 is 11.6 Å². The number of hydrogen-bond acceptors (Lipinski definition) is 4. The molecule has 0 unspecified atom stereocenters. The zero-order chi connectivity index (χ0) is 22.0. The number of benzene rings is 1. The Morgan fingerprint density at radius 2 is 1.77 bits per heavy atom. The van der Waals surface area contributed by atoms with E-state index in [1.807, 2.05) is 24.3 Å². The number of amides is 4. The fourth-order valence-electron chi connectivity index (χ4n) is 5.32. The van der Waals surface area contributed by atoms with Crippen molar-refractivity contribution < 1.29 is 14.4 Å². The summed E-state index contributed by atoms with van der Waals surface area (Å²) in [4.78, 5) is 43.7. The molecule has 0 radical (unpaired) electrons. The molecule has 0 bridgehead atoms. The van der Waals surface area contributed by atoms with E-state index in [4.69, 9.17) is 11.6 Å². The molecule has 2 heterocycles. The second-order valence-electron chi connectivity index (χ2n) is 8.91. The van der Waals surface area contributed by atoms with Crippen molar-refractivity contribution in [3.8, 4) is 0 Å². The summed E-state index contributed by atoms with van der Waals surface area (Å²) >= 11 is 6.44. The van der Waals surface area contributed by atoms with Crippen LogP contribution in [0.3, 0.4) is 0 Å². The molecule has 31 heavy (non-hydrogen) atoms. The molecule has 4 amide bonds. The van der Waals surface area contributed by atoms with Crippen molar-refractivity contribution in [2.45, 2.75) is 56.5 Å². The highest BCUT2D eigenvalue weighted by atomic mass is 35.5. The van der Waals surface area contributed by atoms with E-state index in [9.17, 15) is 14.4 Å². The number of halogens is 1. The van der Waals surface area contributed by atoms with Crippen LogP contribution in [-0.4, -0.2) is 71.3 Å². The van der Waals surface area contributed by atoms with Gasteiger partial charge in [0, 0.05) is 18.6 Å². The summed E-state index contributed by atoms with van der Waals surface area (Å²) in [5.41, 5.74) is 0.228. The summed E-state index contributed by atoms with van der Waals surface area (Å²) in [6, 6.07) is 7.30. The van der Waals surface area contributed by atoms with Crippen molar-refractivity contribution in [2.75, 3.05) is 33.2 Å². The average molecular weight is 447 g/mol. The molecule has 1 aliphatic carbocycles. The van der Waals surface area contributed by atoms with Gasteiger partial charge in [0.2, 0.25) is 5.91 Å². The second-order valence-corrected chi connectivity index (χ2v) is 9.32. The van der Waals surface area contributed by atoms with Crippen molar-refractivity contribution in [2.24, 2.45) is 0 Å². The minimum Gasteiger partial charge on any atom is -0.353 e. The van der Waals surface area contributed by atoms with E-state index < -0.39 is 5.54 Å². The summed E-state index contributed by atoms with van der Waals surface area (Å²) in [6.07, 6.45) is 6.54. The van der Waals surface area contributed by atoms with Gasteiger partial charge in [0.05, 0.1) is 6.04 Å². The Morgan fingerprint density at radius 3 is 2.45 bits per heavy atom. The van der Waals surface area contributed by atoms with Gasteiger partial charge in [0.25, 0.3) is 5.91 Å². The van der Waals surface area contributed by atoms with Gasteiger partial charge in [-0.1, -0.05) is 49.1 Å². The van der Waals surface area contributed by atoms with E-state index in [0.29, 0.717) is 24.4 Å². The number of carbonyl (C=O) groups is 3. The Balaban J connectivity index is 1.42. The number of imide groups is 1. The maximum Gasteiger partial charge on any atom is 0.327 e. The highest BCUT2D eigenvalue weighted by molar-refractivity contribution is 6.31. The quantitative estimate of drug-likeness (QED) is 0.681. The van der Waals surface area contributed by atoms with E-state index in [2.05, 4.69) is 10.2 Å². The Kier molecular flexibility index (Phi) is 6.53. The third kappa shape index (κ3) is 4.17. The Hall–Kier alpha value is -2.12. The molecule has 2 saturated heterocycles. The third-order valence-electron chi connectivity index (χ3n) is 7.12. The third-order valence-corrected chi connectivity index (χ3v) is 7.47. The second kappa shape index (κ2) is 9.17. The number of hydrogen-bond donors (Lipinski definition) is 1. The molecule has 168 valence electrons. The predicted octanol–water partition coefficient (Wildman–Crippen LogP) is 3.19. The fourth-order valence-corrected chi connectivity index (χ4v) is 5.58. The lowest BCUT2D eigenvalue weighted by atomic mass is 9.81. The van der Waals surface area contributed by atoms with Gasteiger partial charge in [0.1, 0.15) is 12.1 Å². The molecule has 1 aromatic rings. The van der Waals surface area contributed by atoms with Gasteiger partial charge < -0.3 is 10.2 Å². The number of nitrogens with one attached hydrogen (secondary N) is 1. The molecule has 0 aromatic heterocycles. The van der Waals surface area contributed by atoms with Gasteiger partial charge in [-0.3, -0.25) is 19.4 Å². The molecule has 8 heteroatoms. The number of urea groups is 1. The lowest BCUT2D eigenvalue weighted by Gasteiger charge is -2.35. The summed E-state index contributed by atoms with van der Waals surface area (Å²) in [5.74, 6) is -0.545. The predicted molar refractivity (Wildman–Crippen MR) is 119 cm³/mol. The maximum atomic E-state index is 13.1. The Morgan fingerprint density at radius 1 is 1.10 bits per heavy atom. The van der Waals surface area contributed by atoms with E-state index in [1.165, 1.54) is 0 Å². The maximum absolute atomic E-state index is 13.1. The molecule has 1 spiro atoms. The van der Waals surface area contributed by atoms with Crippen molar-refractivity contribution in [3.05, 3.63) is 34.9 Å². The van der Waals surface area contributed by atoms with Crippen LogP contribution in [0.25, 0.3) is 0 Å². The lowest BCUT2D eigenvalue weighted by Crippen LogP contribution is -2.49. The summed E-state index contributed by atoms with van der Waals surface area (Å²) < 4.78 is 0. The SMILES string of the molecule is CN1C(=O)N(CC(=O)NC[C@H](c2ccccc2Cl)N2CCCC2)C(=O)C12CCCCC2. The molecule has 2 aliphatic heterocycles. The summed E-state index contributed by atoms with van der Waals surface area (Å²) in [5, 5.41) is 3.64. The molecule has 1 aromatic carbocycles. The van der Waals surface area contributed by atoms with Gasteiger partial charge in [-0.05, 0) is 50.4 Å². The lowest BCUT2D eigenvalue weighted by molar-refractivity contribution is -0.137. The van der Waals surface area contributed by atoms with Crippen LogP contribution in [0.1, 0.15) is 56.6 Å². The van der Waals surface area contributed by atoms with Gasteiger partial charge >= 0.3 is 6.03 Å². The normalized spacial score (nSPS) is 22.4. The van der Waals surface area contributed by atoms with Gasteiger partial charge in [-0.15, -0.1) is 0 Å². The largest absolute Gasteiger partial charge is 0.353 e. The van der Waals surface area contributed by atoms with Crippen LogP contribution in [0.4, 0.5) is 4.79 Å². The minimum atomic E-state index is -0.759. The van der Waals surface area contributed by atoms with Crippen LogP contribution in [0.15, 0.2) is 24.3 Å². The Bertz CT molecular complexity index is 849. The van der Waals surface area contributed by atoms with Gasteiger partial charge in [0.15, 0.2) is 0 Å². The molecule has 4 rings (SSSR count). The summed E-state index contributed by atoms with van der Waals surface area (Å²) in [6.45, 7) is 2.07. The number of likely N-dealkylation sites (N-methyl/N-ethyl adjacent to an activating group) is 1. The molecule has 1 saturated carbocycles. The van der Waals surface area contributed by atoms with Crippen LogP contribution in [0.2, 0.25) is 5.02 Å². The first-order chi connectivity index (χ1) is 14.9. The molecule has 1 atom stereocenters. The van der Waals surface area contributed by atoms with Crippen molar-refractivity contribution in [1.29, 1.82) is 0 Å². The van der Waals surface area contributed by atoms with E-state index in [0.717, 1.165) is 55.7 Å².